The molecular weight excluding hydrogens is 476 g/mol. The minimum atomic E-state index is -1.67. The van der Waals surface area contributed by atoms with Gasteiger partial charge in [0.25, 0.3) is 0 Å². The summed E-state index contributed by atoms with van der Waals surface area (Å²) in [7, 11) is 0. The molecule has 35 heavy (non-hydrogen) atoms. The van der Waals surface area contributed by atoms with Gasteiger partial charge in [-0.25, -0.2) is 0 Å². The van der Waals surface area contributed by atoms with Gasteiger partial charge in [0, 0.05) is 0 Å². The molecule has 0 aromatic carbocycles. The Morgan fingerprint density at radius 2 is 0.771 bits per heavy atom. The Hall–Kier alpha value is -0.560. The Morgan fingerprint density at radius 3 is 0.943 bits per heavy atom. The van der Waals surface area contributed by atoms with Gasteiger partial charge in [0.05, 0.1) is 38.6 Å². The van der Waals surface area contributed by atoms with Crippen molar-refractivity contribution in [3.8, 4) is 0 Å². The van der Waals surface area contributed by atoms with E-state index in [0.29, 0.717) is 26.1 Å². The summed E-state index contributed by atoms with van der Waals surface area (Å²) in [5.74, 6) is 0. The van der Waals surface area contributed by atoms with Gasteiger partial charge in [-0.2, -0.15) is 0 Å². The maximum atomic E-state index is 9.23. The lowest BCUT2D eigenvalue weighted by molar-refractivity contribution is -0.123. The molecule has 214 valence electrons. The van der Waals surface area contributed by atoms with Crippen LogP contribution >= 0.6 is 0 Å². The third-order valence-corrected chi connectivity index (χ3v) is 5.32. The molecule has 12 atom stereocenters. The van der Waals surface area contributed by atoms with E-state index >= 15 is 0 Å². The van der Waals surface area contributed by atoms with Crippen LogP contribution in [0.1, 0.15) is 34.1 Å². The summed E-state index contributed by atoms with van der Waals surface area (Å²) in [6.45, 7) is 3.06. The molecule has 2 heterocycles. The number of hydrogen-bond donors (Lipinski definition) is 12. The fraction of sp³-hybridized carbons (Fsp3) is 1.00. The van der Waals surface area contributed by atoms with E-state index in [2.05, 4.69) is 0 Å². The Morgan fingerprint density at radius 1 is 0.543 bits per heavy atom. The van der Waals surface area contributed by atoms with E-state index in [4.69, 9.17) is 50.3 Å². The molecule has 2 rings (SSSR count). The number of rotatable bonds is 13. The van der Waals surface area contributed by atoms with Crippen molar-refractivity contribution in [2.45, 2.75) is 107 Å². The predicted octanol–water partition coefficient (Wildman–Crippen LogP) is -5.19. The molecule has 2 aliphatic heterocycles. The second-order valence-electron chi connectivity index (χ2n) is 8.14. The summed E-state index contributed by atoms with van der Waals surface area (Å²) < 4.78 is 9.61. The summed E-state index contributed by atoms with van der Waals surface area (Å²) in [5.41, 5.74) is 0. The number of aliphatic hydroxyl groups excluding tert-OH is 12. The van der Waals surface area contributed by atoms with E-state index in [1.165, 1.54) is 0 Å². The van der Waals surface area contributed by atoms with E-state index in [1.54, 1.807) is 13.8 Å². The number of hydrogen-bond acceptors (Lipinski definition) is 14. The Kier molecular flexibility index (Phi) is 19.5. The second kappa shape index (κ2) is 18.6. The summed E-state index contributed by atoms with van der Waals surface area (Å²) in [4.78, 5) is 0. The quantitative estimate of drug-likeness (QED) is 0.101. The summed E-state index contributed by atoms with van der Waals surface area (Å²) >= 11 is 0. The molecule has 0 bridgehead atoms. The maximum absolute atomic E-state index is 9.23. The molecule has 0 amide bonds. The van der Waals surface area contributed by atoms with Gasteiger partial charge in [-0.3, -0.25) is 0 Å². The Labute approximate surface area is 205 Å². The summed E-state index contributed by atoms with van der Waals surface area (Å²) in [5, 5.41) is 107. The van der Waals surface area contributed by atoms with Crippen LogP contribution in [-0.2, 0) is 9.47 Å². The lowest BCUT2D eigenvalue weighted by Gasteiger charge is -2.25. The smallest absolute Gasteiger partial charge is 0.111 e. The molecule has 0 unspecified atom stereocenters. The minimum absolute atomic E-state index is 0. The molecule has 12 N–H and O–H groups in total. The van der Waals surface area contributed by atoms with Crippen LogP contribution < -0.4 is 0 Å². The molecule has 0 spiro atoms. The predicted molar refractivity (Wildman–Crippen MR) is 121 cm³/mol. The number of aliphatic hydroxyl groups is 12. The molecule has 0 aromatic heterocycles. The van der Waals surface area contributed by atoms with Gasteiger partial charge in [-0.05, 0) is 12.8 Å². The van der Waals surface area contributed by atoms with Crippen LogP contribution in [0.5, 0.6) is 0 Å². The van der Waals surface area contributed by atoms with Crippen molar-refractivity contribution in [3.63, 3.8) is 0 Å². The lowest BCUT2D eigenvalue weighted by Crippen LogP contribution is -2.46. The zero-order valence-electron chi connectivity index (χ0n) is 19.4. The molecule has 0 aromatic rings. The molecule has 14 heteroatoms. The molecule has 2 fully saturated rings. The monoisotopic (exact) mass is 522 g/mol. The first-order chi connectivity index (χ1) is 15.9. The molecule has 0 aliphatic carbocycles. The lowest BCUT2D eigenvalue weighted by atomic mass is 10.0. The fourth-order valence-corrected chi connectivity index (χ4v) is 2.55. The van der Waals surface area contributed by atoms with Crippen LogP contribution in [0, 0.1) is 0 Å². The number of epoxide rings is 2. The van der Waals surface area contributed by atoms with Gasteiger partial charge < -0.3 is 70.8 Å². The van der Waals surface area contributed by atoms with Crippen LogP contribution in [0.15, 0.2) is 0 Å². The van der Waals surface area contributed by atoms with Crippen molar-refractivity contribution in [1.82, 2.24) is 0 Å². The Balaban J connectivity index is 0. The van der Waals surface area contributed by atoms with Crippen LogP contribution in [0.25, 0.3) is 0 Å². The second-order valence-corrected chi connectivity index (χ2v) is 8.14. The van der Waals surface area contributed by atoms with E-state index in [1.807, 2.05) is 0 Å². The topological polar surface area (TPSA) is 268 Å². The first-order valence-electron chi connectivity index (χ1n) is 11.1. The highest BCUT2D eigenvalue weighted by atomic mass is 16.6. The van der Waals surface area contributed by atoms with E-state index in [9.17, 15) is 20.4 Å². The van der Waals surface area contributed by atoms with Crippen LogP contribution in [0.3, 0.4) is 0 Å². The average Bonchev–Trinajstić information content (AvgIpc) is 3.77. The summed E-state index contributed by atoms with van der Waals surface area (Å²) in [6.07, 6.45) is -12.0. The Bertz CT molecular complexity index is 434. The van der Waals surface area contributed by atoms with Crippen molar-refractivity contribution < 1.29 is 70.8 Å². The van der Waals surface area contributed by atoms with Crippen LogP contribution in [0.4, 0.5) is 0 Å². The highest BCUT2D eigenvalue weighted by molar-refractivity contribution is 4.91. The standard InChI is InChI=1S/C8H18O4.C6H14O6.C6H10O4.CH4/c1-3-5(9)7(11)8(12)6(10)4-2;7-1-3(9)5(11)6(12)4(10)2-8;7-5(3-1-9-3)6(8)4-2-10-4;/h5-12H,3-4H2,1-2H3;3-12H,1-2H2;3-8H,1-2H2;1H4/t5-,6-,7+,8+;2*3-,4-,5+,6+;/m111./s1. The van der Waals surface area contributed by atoms with Crippen molar-refractivity contribution in [3.05, 3.63) is 0 Å². The zero-order valence-corrected chi connectivity index (χ0v) is 19.4. The van der Waals surface area contributed by atoms with Crippen molar-refractivity contribution >= 4 is 0 Å². The van der Waals surface area contributed by atoms with E-state index in [0.717, 1.165) is 0 Å². The zero-order chi connectivity index (χ0) is 26.6. The van der Waals surface area contributed by atoms with E-state index < -0.39 is 74.3 Å². The van der Waals surface area contributed by atoms with Gasteiger partial charge in [0.2, 0.25) is 0 Å². The van der Waals surface area contributed by atoms with Gasteiger partial charge in [0.15, 0.2) is 0 Å². The minimum Gasteiger partial charge on any atom is -0.394 e. The van der Waals surface area contributed by atoms with Crippen molar-refractivity contribution in [2.24, 2.45) is 0 Å². The SMILES string of the molecule is C.CC[C@@H](O)[C@H](O)[C@@H](O)[C@H](O)CC.OC[C@@H](O)[C@H](O)[C@@H](O)[C@H](O)CO.O[C@H]([C@@H](O)[C@H]1CO1)[C@H]1CO1. The normalized spacial score (nSPS) is 26.9. The largest absolute Gasteiger partial charge is 0.394 e. The molecule has 0 saturated carbocycles. The molecule has 2 aliphatic rings. The average molecular weight is 523 g/mol. The molecule has 0 radical (unpaired) electrons. The number of ether oxygens (including phenoxy) is 2. The first kappa shape index (κ1) is 36.6. The van der Waals surface area contributed by atoms with Gasteiger partial charge >= 0.3 is 0 Å². The van der Waals surface area contributed by atoms with Crippen LogP contribution in [0.2, 0.25) is 0 Å². The van der Waals surface area contributed by atoms with Crippen molar-refractivity contribution in [2.75, 3.05) is 26.4 Å². The first-order valence-corrected chi connectivity index (χ1v) is 11.1. The highest BCUT2D eigenvalue weighted by Gasteiger charge is 2.44. The van der Waals surface area contributed by atoms with Crippen LogP contribution in [-0.4, -0.2) is 161 Å². The van der Waals surface area contributed by atoms with Gasteiger partial charge in [-0.15, -0.1) is 0 Å². The van der Waals surface area contributed by atoms with Gasteiger partial charge in [-0.1, -0.05) is 21.3 Å². The van der Waals surface area contributed by atoms with E-state index in [-0.39, 0.29) is 19.6 Å². The van der Waals surface area contributed by atoms with Crippen molar-refractivity contribution in [1.29, 1.82) is 0 Å². The molecule has 2 saturated heterocycles. The highest BCUT2D eigenvalue weighted by Crippen LogP contribution is 2.24. The third-order valence-electron chi connectivity index (χ3n) is 5.32. The third kappa shape index (κ3) is 13.5. The fourth-order valence-electron chi connectivity index (χ4n) is 2.55. The molecule has 14 nitrogen and oxygen atoms in total. The summed E-state index contributed by atoms with van der Waals surface area (Å²) in [6, 6.07) is 0. The van der Waals surface area contributed by atoms with Gasteiger partial charge in [0.1, 0.15) is 61.0 Å². The molecular formula is C21H46O14. The maximum Gasteiger partial charge on any atom is 0.111 e.